The lowest BCUT2D eigenvalue weighted by Crippen LogP contribution is -2.33. The van der Waals surface area contributed by atoms with E-state index < -0.39 is 0 Å². The number of hydrogen-bond donors (Lipinski definition) is 0. The molecule has 3 nitrogen and oxygen atoms in total. The van der Waals surface area contributed by atoms with Crippen molar-refractivity contribution in [3.8, 4) is 11.8 Å². The highest BCUT2D eigenvalue weighted by molar-refractivity contribution is 5.16. The number of ether oxygens (including phenoxy) is 1. The second-order valence-electron chi connectivity index (χ2n) is 7.37. The summed E-state index contributed by atoms with van der Waals surface area (Å²) >= 11 is 0. The molecule has 1 saturated heterocycles. The molecule has 0 amide bonds. The van der Waals surface area contributed by atoms with Crippen LogP contribution in [0.5, 0.6) is 0 Å². The van der Waals surface area contributed by atoms with Gasteiger partial charge in [0.05, 0.1) is 18.2 Å². The van der Waals surface area contributed by atoms with Crippen molar-refractivity contribution in [2.24, 2.45) is 0 Å². The van der Waals surface area contributed by atoms with E-state index in [4.69, 9.17) is 4.74 Å². The molecule has 1 aromatic heterocycles. The van der Waals surface area contributed by atoms with Gasteiger partial charge < -0.3 is 4.74 Å². The first-order valence-electron chi connectivity index (χ1n) is 8.73. The summed E-state index contributed by atoms with van der Waals surface area (Å²) in [5.41, 5.74) is 1.22. The maximum absolute atomic E-state index is 5.90. The van der Waals surface area contributed by atoms with Gasteiger partial charge in [0.25, 0.3) is 0 Å². The largest absolute Gasteiger partial charge is 0.372 e. The zero-order valence-electron chi connectivity index (χ0n) is 15.0. The standard InChI is InChI=1S/C20H30N2O/c1-17(23-20(2,3)4)10-5-7-14-22-15-8-6-12-19(22)18-11-9-13-21-16-18/h9,11,13,16-17,19H,6,8,10,12,14-15H2,1-4H3. The monoisotopic (exact) mass is 314 g/mol. The highest BCUT2D eigenvalue weighted by Crippen LogP contribution is 2.29. The maximum Gasteiger partial charge on any atom is 0.0663 e. The molecule has 2 unspecified atom stereocenters. The second kappa shape index (κ2) is 8.47. The number of hydrogen-bond acceptors (Lipinski definition) is 3. The molecule has 126 valence electrons. The van der Waals surface area contributed by atoms with Gasteiger partial charge in [-0.05, 0) is 58.7 Å². The predicted molar refractivity (Wildman–Crippen MR) is 95.1 cm³/mol. The Morgan fingerprint density at radius 2 is 2.17 bits per heavy atom. The molecule has 1 fully saturated rings. The first-order chi connectivity index (χ1) is 11.0. The molecular weight excluding hydrogens is 284 g/mol. The first kappa shape index (κ1) is 18.0. The van der Waals surface area contributed by atoms with Crippen LogP contribution in [0.25, 0.3) is 0 Å². The minimum absolute atomic E-state index is 0.0978. The van der Waals surface area contributed by atoms with Gasteiger partial charge in [-0.15, -0.1) is 0 Å². The summed E-state index contributed by atoms with van der Waals surface area (Å²) in [7, 11) is 0. The average Bonchev–Trinajstić information content (AvgIpc) is 2.51. The highest BCUT2D eigenvalue weighted by atomic mass is 16.5. The third-order valence-electron chi connectivity index (χ3n) is 4.03. The molecule has 0 saturated carbocycles. The number of aromatic nitrogens is 1. The minimum Gasteiger partial charge on any atom is -0.372 e. The fraction of sp³-hybridized carbons (Fsp3) is 0.650. The van der Waals surface area contributed by atoms with E-state index in [1.54, 1.807) is 0 Å². The van der Waals surface area contributed by atoms with E-state index >= 15 is 0 Å². The molecule has 0 radical (unpaired) electrons. The molecule has 1 aliphatic rings. The third kappa shape index (κ3) is 6.33. The zero-order valence-corrected chi connectivity index (χ0v) is 15.0. The highest BCUT2D eigenvalue weighted by Gasteiger charge is 2.23. The van der Waals surface area contributed by atoms with Crippen LogP contribution in [-0.4, -0.2) is 34.7 Å². The Labute approximate surface area is 141 Å². The van der Waals surface area contributed by atoms with Crippen molar-refractivity contribution < 1.29 is 4.74 Å². The van der Waals surface area contributed by atoms with Crippen LogP contribution in [0.3, 0.4) is 0 Å². The fourth-order valence-corrected chi connectivity index (χ4v) is 3.15. The van der Waals surface area contributed by atoms with Gasteiger partial charge in [0.2, 0.25) is 0 Å². The molecule has 2 rings (SSSR count). The Balaban J connectivity index is 1.87. The number of pyridine rings is 1. The summed E-state index contributed by atoms with van der Waals surface area (Å²) in [6.45, 7) is 10.3. The van der Waals surface area contributed by atoms with Crippen molar-refractivity contribution in [1.82, 2.24) is 9.88 Å². The normalized spacial score (nSPS) is 20.6. The van der Waals surface area contributed by atoms with Gasteiger partial charge in [-0.3, -0.25) is 9.88 Å². The topological polar surface area (TPSA) is 25.4 Å². The van der Waals surface area contributed by atoms with Crippen LogP contribution in [-0.2, 0) is 4.74 Å². The molecule has 23 heavy (non-hydrogen) atoms. The van der Waals surface area contributed by atoms with Crippen molar-refractivity contribution in [1.29, 1.82) is 0 Å². The molecule has 1 aliphatic heterocycles. The third-order valence-corrected chi connectivity index (χ3v) is 4.03. The van der Waals surface area contributed by atoms with E-state index in [2.05, 4.69) is 55.5 Å². The van der Waals surface area contributed by atoms with E-state index in [0.29, 0.717) is 6.04 Å². The van der Waals surface area contributed by atoms with Gasteiger partial charge in [0.15, 0.2) is 0 Å². The van der Waals surface area contributed by atoms with E-state index in [-0.39, 0.29) is 11.7 Å². The van der Waals surface area contributed by atoms with Crippen molar-refractivity contribution in [2.45, 2.75) is 71.1 Å². The number of likely N-dealkylation sites (tertiary alicyclic amines) is 1. The molecule has 0 aromatic carbocycles. The summed E-state index contributed by atoms with van der Waals surface area (Å²) in [6.07, 6.45) is 8.57. The number of nitrogens with zero attached hydrogens (tertiary/aromatic N) is 2. The smallest absolute Gasteiger partial charge is 0.0663 e. The lowest BCUT2D eigenvalue weighted by atomic mass is 9.96. The maximum atomic E-state index is 5.90. The molecule has 2 atom stereocenters. The summed E-state index contributed by atoms with van der Waals surface area (Å²) in [6, 6.07) is 4.68. The lowest BCUT2D eigenvalue weighted by molar-refractivity contribution is -0.0485. The Morgan fingerprint density at radius 1 is 1.35 bits per heavy atom. The summed E-state index contributed by atoms with van der Waals surface area (Å²) in [5, 5.41) is 0. The van der Waals surface area contributed by atoms with Crippen LogP contribution in [0.1, 0.15) is 65.0 Å². The first-order valence-corrected chi connectivity index (χ1v) is 8.73. The van der Waals surface area contributed by atoms with Crippen molar-refractivity contribution in [2.75, 3.05) is 13.1 Å². The lowest BCUT2D eigenvalue weighted by Gasteiger charge is -2.34. The fourth-order valence-electron chi connectivity index (χ4n) is 3.15. The average molecular weight is 314 g/mol. The summed E-state index contributed by atoms with van der Waals surface area (Å²) in [4.78, 5) is 6.76. The molecular formula is C20H30N2O. The van der Waals surface area contributed by atoms with Crippen LogP contribution in [0.4, 0.5) is 0 Å². The van der Waals surface area contributed by atoms with Gasteiger partial charge >= 0.3 is 0 Å². The Kier molecular flexibility index (Phi) is 6.62. The van der Waals surface area contributed by atoms with E-state index in [1.807, 2.05) is 18.5 Å². The van der Waals surface area contributed by atoms with Gasteiger partial charge in [0, 0.05) is 24.9 Å². The second-order valence-corrected chi connectivity index (χ2v) is 7.37. The van der Waals surface area contributed by atoms with Gasteiger partial charge in [-0.1, -0.05) is 24.3 Å². The Bertz CT molecular complexity index is 524. The van der Waals surface area contributed by atoms with Crippen molar-refractivity contribution >= 4 is 0 Å². The predicted octanol–water partition coefficient (Wildman–Crippen LogP) is 4.21. The Morgan fingerprint density at radius 3 is 2.87 bits per heavy atom. The molecule has 0 aliphatic carbocycles. The molecule has 0 N–H and O–H groups in total. The molecule has 0 bridgehead atoms. The Hall–Kier alpha value is -1.37. The van der Waals surface area contributed by atoms with Gasteiger partial charge in [0.1, 0.15) is 0 Å². The van der Waals surface area contributed by atoms with Crippen molar-refractivity contribution in [3.63, 3.8) is 0 Å². The van der Waals surface area contributed by atoms with Gasteiger partial charge in [-0.2, -0.15) is 0 Å². The van der Waals surface area contributed by atoms with Crippen LogP contribution in [0.15, 0.2) is 24.5 Å². The van der Waals surface area contributed by atoms with Crippen LogP contribution < -0.4 is 0 Å². The van der Waals surface area contributed by atoms with Crippen molar-refractivity contribution in [3.05, 3.63) is 30.1 Å². The molecule has 1 aromatic rings. The quantitative estimate of drug-likeness (QED) is 0.779. The molecule has 2 heterocycles. The number of rotatable bonds is 4. The molecule has 0 spiro atoms. The minimum atomic E-state index is -0.0978. The summed E-state index contributed by atoms with van der Waals surface area (Å²) in [5.74, 6) is 6.64. The SMILES string of the molecule is CC(CC#CCN1CCCCC1c1cccnc1)OC(C)(C)C. The summed E-state index contributed by atoms with van der Waals surface area (Å²) < 4.78 is 5.90. The van der Waals surface area contributed by atoms with Crippen LogP contribution >= 0.6 is 0 Å². The zero-order chi connectivity index (χ0) is 16.7. The molecule has 3 heteroatoms. The number of piperidine rings is 1. The van der Waals surface area contributed by atoms with Gasteiger partial charge in [-0.25, -0.2) is 0 Å². The van der Waals surface area contributed by atoms with Crippen LogP contribution in [0, 0.1) is 11.8 Å². The van der Waals surface area contributed by atoms with E-state index in [0.717, 1.165) is 19.5 Å². The van der Waals surface area contributed by atoms with E-state index in [1.165, 1.54) is 24.8 Å². The van der Waals surface area contributed by atoms with E-state index in [9.17, 15) is 0 Å². The van der Waals surface area contributed by atoms with Crippen LogP contribution in [0.2, 0.25) is 0 Å².